The third-order valence-corrected chi connectivity index (χ3v) is 5.16. The van der Waals surface area contributed by atoms with Gasteiger partial charge >= 0.3 is 0 Å². The number of rotatable bonds is 5. The summed E-state index contributed by atoms with van der Waals surface area (Å²) in [4.78, 5) is 14.7. The van der Waals surface area contributed by atoms with Crippen LogP contribution in [0.1, 0.15) is 11.1 Å². The Labute approximate surface area is 168 Å². The Kier molecular flexibility index (Phi) is 4.81. The standard InChI is InChI=1S/C19H13ClN4O3S/c20-14-3-1-2-12(10-14)11-16-17(13-4-6-15(7-5-13)24(26)27)22-23(18(16)25)19-21-8-9-28-19/h1-10,25H,11H2. The highest BCUT2D eigenvalue weighted by Crippen LogP contribution is 2.35. The molecular weight excluding hydrogens is 400 g/mol. The minimum Gasteiger partial charge on any atom is -0.493 e. The number of nitro benzene ring substituents is 1. The van der Waals surface area contributed by atoms with Gasteiger partial charge in [-0.2, -0.15) is 9.78 Å². The molecule has 7 nitrogen and oxygen atoms in total. The largest absolute Gasteiger partial charge is 0.493 e. The second-order valence-corrected chi connectivity index (χ2v) is 7.30. The van der Waals surface area contributed by atoms with Gasteiger partial charge in [-0.1, -0.05) is 23.7 Å². The van der Waals surface area contributed by atoms with E-state index < -0.39 is 4.92 Å². The topological polar surface area (TPSA) is 94.1 Å². The van der Waals surface area contributed by atoms with Crippen LogP contribution >= 0.6 is 22.9 Å². The number of nitro groups is 1. The van der Waals surface area contributed by atoms with Crippen molar-refractivity contribution >= 4 is 28.6 Å². The number of thiazole rings is 1. The highest BCUT2D eigenvalue weighted by atomic mass is 35.5. The Morgan fingerprint density at radius 2 is 2.00 bits per heavy atom. The summed E-state index contributed by atoms with van der Waals surface area (Å²) in [6.45, 7) is 0. The Morgan fingerprint density at radius 3 is 2.64 bits per heavy atom. The van der Waals surface area contributed by atoms with Crippen molar-refractivity contribution in [1.82, 2.24) is 14.8 Å². The maximum absolute atomic E-state index is 10.9. The second kappa shape index (κ2) is 7.41. The fourth-order valence-corrected chi connectivity index (χ4v) is 3.69. The number of halogens is 1. The first-order chi connectivity index (χ1) is 13.5. The lowest BCUT2D eigenvalue weighted by atomic mass is 10.0. The van der Waals surface area contributed by atoms with E-state index in [9.17, 15) is 15.2 Å². The van der Waals surface area contributed by atoms with Gasteiger partial charge in [-0.05, 0) is 29.8 Å². The third kappa shape index (κ3) is 3.47. The van der Waals surface area contributed by atoms with Crippen molar-refractivity contribution in [2.24, 2.45) is 0 Å². The molecule has 0 aliphatic heterocycles. The summed E-state index contributed by atoms with van der Waals surface area (Å²) in [6.07, 6.45) is 2.02. The first kappa shape index (κ1) is 18.1. The van der Waals surface area contributed by atoms with Crippen LogP contribution in [-0.2, 0) is 6.42 Å². The van der Waals surface area contributed by atoms with Crippen molar-refractivity contribution < 1.29 is 10.0 Å². The van der Waals surface area contributed by atoms with Gasteiger partial charge in [0.1, 0.15) is 5.69 Å². The quantitative estimate of drug-likeness (QED) is 0.373. The number of non-ortho nitro benzene ring substituents is 1. The Hall–Kier alpha value is -3.23. The molecule has 0 unspecified atom stereocenters. The van der Waals surface area contributed by atoms with E-state index in [4.69, 9.17) is 11.6 Å². The number of hydrogen-bond donors (Lipinski definition) is 1. The number of aromatic nitrogens is 3. The molecule has 0 spiro atoms. The van der Waals surface area contributed by atoms with E-state index in [0.717, 1.165) is 5.56 Å². The van der Waals surface area contributed by atoms with Crippen LogP contribution in [0.2, 0.25) is 5.02 Å². The van der Waals surface area contributed by atoms with Crippen molar-refractivity contribution in [1.29, 1.82) is 0 Å². The summed E-state index contributed by atoms with van der Waals surface area (Å²) in [6, 6.07) is 13.4. The molecule has 2 heterocycles. The Balaban J connectivity index is 1.83. The number of hydrogen-bond acceptors (Lipinski definition) is 6. The maximum Gasteiger partial charge on any atom is 0.269 e. The van der Waals surface area contributed by atoms with Crippen LogP contribution in [0.3, 0.4) is 0 Å². The molecule has 4 rings (SSSR count). The molecule has 1 N–H and O–H groups in total. The van der Waals surface area contributed by atoms with Crippen LogP contribution in [0.15, 0.2) is 60.1 Å². The van der Waals surface area contributed by atoms with E-state index in [1.165, 1.54) is 28.2 Å². The molecule has 0 aliphatic rings. The molecule has 0 radical (unpaired) electrons. The molecule has 4 aromatic rings. The van der Waals surface area contributed by atoms with Gasteiger partial charge in [0.15, 0.2) is 0 Å². The zero-order chi connectivity index (χ0) is 19.7. The molecule has 2 aromatic carbocycles. The minimum absolute atomic E-state index is 0.0104. The fourth-order valence-electron chi connectivity index (χ4n) is 2.88. The molecule has 0 fully saturated rings. The molecule has 28 heavy (non-hydrogen) atoms. The van der Waals surface area contributed by atoms with Gasteiger partial charge in [-0.15, -0.1) is 11.3 Å². The molecule has 0 saturated heterocycles. The van der Waals surface area contributed by atoms with Gasteiger partial charge in [0, 0.05) is 46.3 Å². The minimum atomic E-state index is -0.456. The van der Waals surface area contributed by atoms with Crippen molar-refractivity contribution in [3.63, 3.8) is 0 Å². The van der Waals surface area contributed by atoms with Crippen LogP contribution in [0.4, 0.5) is 5.69 Å². The number of benzene rings is 2. The van der Waals surface area contributed by atoms with Crippen LogP contribution in [-0.4, -0.2) is 24.8 Å². The summed E-state index contributed by atoms with van der Waals surface area (Å²) in [5.41, 5.74) is 2.68. The summed E-state index contributed by atoms with van der Waals surface area (Å²) in [5.74, 6) is -0.0247. The number of nitrogens with zero attached hydrogens (tertiary/aromatic N) is 4. The average molecular weight is 413 g/mol. The van der Waals surface area contributed by atoms with E-state index in [1.807, 2.05) is 18.2 Å². The summed E-state index contributed by atoms with van der Waals surface area (Å²) in [7, 11) is 0. The van der Waals surface area contributed by atoms with Gasteiger partial charge < -0.3 is 5.11 Å². The third-order valence-electron chi connectivity index (χ3n) is 4.18. The van der Waals surface area contributed by atoms with E-state index in [0.29, 0.717) is 33.4 Å². The van der Waals surface area contributed by atoms with Crippen molar-refractivity contribution in [3.05, 3.63) is 86.4 Å². The summed E-state index contributed by atoms with van der Waals surface area (Å²) in [5, 5.41) is 29.2. The molecule has 140 valence electrons. The average Bonchev–Trinajstić information content (AvgIpc) is 3.31. The van der Waals surface area contributed by atoms with Gasteiger partial charge in [0.2, 0.25) is 11.0 Å². The molecule has 0 saturated carbocycles. The fraction of sp³-hybridized carbons (Fsp3) is 0.0526. The molecule has 0 bridgehead atoms. The van der Waals surface area contributed by atoms with Gasteiger partial charge in [0.25, 0.3) is 5.69 Å². The SMILES string of the molecule is O=[N+]([O-])c1ccc(-c2nn(-c3nccs3)c(O)c2Cc2cccc(Cl)c2)cc1. The Bertz CT molecular complexity index is 1140. The molecule has 2 aromatic heterocycles. The monoisotopic (exact) mass is 412 g/mol. The molecule has 9 heteroatoms. The van der Waals surface area contributed by atoms with Crippen LogP contribution in [0.25, 0.3) is 16.4 Å². The lowest BCUT2D eigenvalue weighted by molar-refractivity contribution is -0.384. The summed E-state index contributed by atoms with van der Waals surface area (Å²) < 4.78 is 1.38. The smallest absolute Gasteiger partial charge is 0.269 e. The first-order valence-corrected chi connectivity index (χ1v) is 9.48. The van der Waals surface area contributed by atoms with E-state index in [2.05, 4.69) is 10.1 Å². The highest BCUT2D eigenvalue weighted by molar-refractivity contribution is 7.12. The predicted octanol–water partition coefficient (Wildman–Crippen LogP) is 4.85. The van der Waals surface area contributed by atoms with Gasteiger partial charge in [-0.3, -0.25) is 10.1 Å². The molecule has 0 amide bonds. The predicted molar refractivity (Wildman–Crippen MR) is 107 cm³/mol. The molecular formula is C19H13ClN4O3S. The van der Waals surface area contributed by atoms with Crippen molar-refractivity contribution in [2.45, 2.75) is 6.42 Å². The van der Waals surface area contributed by atoms with E-state index >= 15 is 0 Å². The van der Waals surface area contributed by atoms with Gasteiger partial charge in [0.05, 0.1) is 4.92 Å². The zero-order valence-corrected chi connectivity index (χ0v) is 15.9. The van der Waals surface area contributed by atoms with Gasteiger partial charge in [-0.25, -0.2) is 4.98 Å². The summed E-state index contributed by atoms with van der Waals surface area (Å²) >= 11 is 7.43. The van der Waals surface area contributed by atoms with Crippen LogP contribution in [0.5, 0.6) is 5.88 Å². The number of aromatic hydroxyl groups is 1. The highest BCUT2D eigenvalue weighted by Gasteiger charge is 2.21. The van der Waals surface area contributed by atoms with Crippen molar-refractivity contribution in [2.75, 3.05) is 0 Å². The van der Waals surface area contributed by atoms with Crippen LogP contribution < -0.4 is 0 Å². The first-order valence-electron chi connectivity index (χ1n) is 8.23. The van der Waals surface area contributed by atoms with E-state index in [-0.39, 0.29) is 11.6 Å². The molecule has 0 aliphatic carbocycles. The zero-order valence-electron chi connectivity index (χ0n) is 14.3. The lowest BCUT2D eigenvalue weighted by Gasteiger charge is -2.05. The normalized spacial score (nSPS) is 10.9. The van der Waals surface area contributed by atoms with E-state index in [1.54, 1.807) is 29.8 Å². The van der Waals surface area contributed by atoms with Crippen molar-refractivity contribution in [3.8, 4) is 22.3 Å². The van der Waals surface area contributed by atoms with Crippen LogP contribution in [0, 0.1) is 10.1 Å². The maximum atomic E-state index is 10.9. The second-order valence-electron chi connectivity index (χ2n) is 5.99. The Morgan fingerprint density at radius 1 is 1.21 bits per heavy atom. The lowest BCUT2D eigenvalue weighted by Crippen LogP contribution is -1.95. The molecule has 0 atom stereocenters.